The lowest BCUT2D eigenvalue weighted by Crippen LogP contribution is -2.35. The van der Waals surface area contributed by atoms with E-state index in [0.717, 1.165) is 17.7 Å². The van der Waals surface area contributed by atoms with Crippen molar-refractivity contribution < 1.29 is 9.59 Å². The molecule has 23 heavy (non-hydrogen) atoms. The maximum Gasteiger partial charge on any atom is 0.222 e. The monoisotopic (exact) mass is 331 g/mol. The number of hydrogen-bond donors (Lipinski definition) is 1. The Hall–Kier alpha value is -2.14. The number of Topliss-reactive ketones (excluding diaryl/α,β-unsaturated/α-hetero) is 1. The van der Waals surface area contributed by atoms with Gasteiger partial charge < -0.3 is 4.90 Å². The van der Waals surface area contributed by atoms with Crippen molar-refractivity contribution in [3.63, 3.8) is 0 Å². The van der Waals surface area contributed by atoms with Crippen molar-refractivity contribution in [3.05, 3.63) is 52.3 Å². The Kier molecular flexibility index (Phi) is 4.76. The summed E-state index contributed by atoms with van der Waals surface area (Å²) in [5.74, 6) is 0.144. The topological polar surface area (TPSA) is 66.1 Å². The first-order valence-electron chi connectivity index (χ1n) is 7.71. The number of rotatable bonds is 5. The number of aromatic amines is 1. The van der Waals surface area contributed by atoms with Crippen LogP contribution in [0.5, 0.6) is 0 Å². The van der Waals surface area contributed by atoms with Gasteiger partial charge in [-0.2, -0.15) is 5.10 Å². The predicted octanol–water partition coefficient (Wildman–Crippen LogP) is 3.00. The van der Waals surface area contributed by atoms with Gasteiger partial charge in [-0.05, 0) is 30.7 Å². The van der Waals surface area contributed by atoms with Crippen molar-refractivity contribution in [2.24, 2.45) is 0 Å². The van der Waals surface area contributed by atoms with Crippen molar-refractivity contribution in [1.29, 1.82) is 0 Å². The van der Waals surface area contributed by atoms with Crippen LogP contribution in [0.2, 0.25) is 5.02 Å². The second-order valence-electron chi connectivity index (χ2n) is 5.72. The van der Waals surface area contributed by atoms with E-state index in [1.165, 1.54) is 0 Å². The quantitative estimate of drug-likeness (QED) is 0.856. The van der Waals surface area contributed by atoms with Crippen LogP contribution < -0.4 is 0 Å². The molecule has 0 aliphatic carbocycles. The number of aromatic nitrogens is 2. The minimum atomic E-state index is 0.0465. The van der Waals surface area contributed by atoms with Gasteiger partial charge in [0, 0.05) is 54.2 Å². The predicted molar refractivity (Wildman–Crippen MR) is 87.3 cm³/mol. The molecule has 0 atom stereocenters. The molecule has 0 unspecified atom stereocenters. The first kappa shape index (κ1) is 15.7. The van der Waals surface area contributed by atoms with Crippen LogP contribution in [0.3, 0.4) is 0 Å². The van der Waals surface area contributed by atoms with E-state index in [1.807, 2.05) is 4.90 Å². The van der Waals surface area contributed by atoms with Crippen LogP contribution in [0.1, 0.15) is 40.9 Å². The average molecular weight is 332 g/mol. The molecule has 2 heterocycles. The molecule has 1 aliphatic rings. The summed E-state index contributed by atoms with van der Waals surface area (Å²) in [5.41, 5.74) is 2.84. The summed E-state index contributed by atoms with van der Waals surface area (Å²) in [6.45, 7) is 1.31. The molecule has 120 valence electrons. The van der Waals surface area contributed by atoms with E-state index in [2.05, 4.69) is 10.2 Å². The molecule has 0 spiro atoms. The third-order valence-corrected chi connectivity index (χ3v) is 4.37. The number of ketones is 1. The number of fused-ring (bicyclic) bond motifs is 1. The fraction of sp³-hybridized carbons (Fsp3) is 0.353. The van der Waals surface area contributed by atoms with E-state index in [-0.39, 0.29) is 11.7 Å². The zero-order chi connectivity index (χ0) is 16.2. The van der Waals surface area contributed by atoms with Crippen LogP contribution in [-0.2, 0) is 17.8 Å². The molecule has 0 bridgehead atoms. The Morgan fingerprint density at radius 2 is 2.00 bits per heavy atom. The van der Waals surface area contributed by atoms with Crippen LogP contribution in [0.15, 0.2) is 30.5 Å². The highest BCUT2D eigenvalue weighted by molar-refractivity contribution is 6.30. The van der Waals surface area contributed by atoms with E-state index in [1.54, 1.807) is 30.5 Å². The summed E-state index contributed by atoms with van der Waals surface area (Å²) in [7, 11) is 0. The second kappa shape index (κ2) is 6.96. The number of halogens is 1. The number of H-pyrrole nitrogens is 1. The maximum absolute atomic E-state index is 12.3. The maximum atomic E-state index is 12.3. The summed E-state index contributed by atoms with van der Waals surface area (Å²) in [6, 6.07) is 6.85. The Bertz CT molecular complexity index is 709. The van der Waals surface area contributed by atoms with E-state index in [0.29, 0.717) is 42.9 Å². The summed E-state index contributed by atoms with van der Waals surface area (Å²) >= 11 is 5.81. The molecule has 0 radical (unpaired) electrons. The largest absolute Gasteiger partial charge is 0.338 e. The average Bonchev–Trinajstić information content (AvgIpc) is 3.02. The van der Waals surface area contributed by atoms with Crippen molar-refractivity contribution >= 4 is 23.3 Å². The normalized spacial score (nSPS) is 13.7. The lowest BCUT2D eigenvalue weighted by Gasteiger charge is -2.26. The molecular formula is C17H18ClN3O2. The van der Waals surface area contributed by atoms with Gasteiger partial charge >= 0.3 is 0 Å². The molecule has 1 amide bonds. The number of carbonyl (C=O) groups is 2. The highest BCUT2D eigenvalue weighted by Gasteiger charge is 2.21. The molecule has 0 saturated carbocycles. The van der Waals surface area contributed by atoms with E-state index in [4.69, 9.17) is 11.6 Å². The van der Waals surface area contributed by atoms with Gasteiger partial charge in [-0.1, -0.05) is 11.6 Å². The van der Waals surface area contributed by atoms with Crippen LogP contribution in [0, 0.1) is 0 Å². The van der Waals surface area contributed by atoms with Crippen LogP contribution in [-0.4, -0.2) is 33.3 Å². The standard InChI is InChI=1S/C17H18ClN3O2/c18-14-6-4-12(5-7-14)16(22)2-1-3-17(23)21-9-8-15-13(11-21)10-19-20-15/h4-7,10H,1-3,8-9,11H2,(H,19,20). The SMILES string of the molecule is O=C(CCCC(=O)N1CCc2[nH]ncc2C1)c1ccc(Cl)cc1. The smallest absolute Gasteiger partial charge is 0.222 e. The van der Waals surface area contributed by atoms with Gasteiger partial charge in [-0.15, -0.1) is 0 Å². The van der Waals surface area contributed by atoms with Gasteiger partial charge in [0.1, 0.15) is 0 Å². The number of carbonyl (C=O) groups excluding carboxylic acids is 2. The highest BCUT2D eigenvalue weighted by atomic mass is 35.5. The van der Waals surface area contributed by atoms with Gasteiger partial charge in [0.05, 0.1) is 6.20 Å². The molecule has 1 aliphatic heterocycles. The van der Waals surface area contributed by atoms with Gasteiger partial charge in [-0.3, -0.25) is 14.7 Å². The van der Waals surface area contributed by atoms with E-state index >= 15 is 0 Å². The van der Waals surface area contributed by atoms with Crippen molar-refractivity contribution in [2.45, 2.75) is 32.2 Å². The minimum Gasteiger partial charge on any atom is -0.338 e. The Labute approximate surface area is 139 Å². The molecule has 1 aromatic carbocycles. The Morgan fingerprint density at radius 3 is 2.78 bits per heavy atom. The summed E-state index contributed by atoms with van der Waals surface area (Å²) in [6.07, 6.45) is 3.92. The van der Waals surface area contributed by atoms with E-state index in [9.17, 15) is 9.59 Å². The van der Waals surface area contributed by atoms with Crippen molar-refractivity contribution in [3.8, 4) is 0 Å². The molecule has 2 aromatic rings. The lowest BCUT2D eigenvalue weighted by atomic mass is 10.0. The first-order valence-corrected chi connectivity index (χ1v) is 8.09. The Balaban J connectivity index is 1.46. The first-order chi connectivity index (χ1) is 11.1. The molecule has 5 nitrogen and oxygen atoms in total. The fourth-order valence-corrected chi connectivity index (χ4v) is 2.90. The zero-order valence-corrected chi connectivity index (χ0v) is 13.5. The molecule has 3 rings (SSSR count). The Morgan fingerprint density at radius 1 is 1.22 bits per heavy atom. The third kappa shape index (κ3) is 3.79. The number of hydrogen-bond acceptors (Lipinski definition) is 3. The van der Waals surface area contributed by atoms with Crippen LogP contribution >= 0.6 is 11.6 Å². The van der Waals surface area contributed by atoms with E-state index < -0.39 is 0 Å². The second-order valence-corrected chi connectivity index (χ2v) is 6.16. The van der Waals surface area contributed by atoms with Crippen molar-refractivity contribution in [1.82, 2.24) is 15.1 Å². The molecule has 6 heteroatoms. The molecule has 1 aromatic heterocycles. The molecule has 0 saturated heterocycles. The van der Waals surface area contributed by atoms with Crippen LogP contribution in [0.25, 0.3) is 0 Å². The fourth-order valence-electron chi connectivity index (χ4n) is 2.77. The van der Waals surface area contributed by atoms with Gasteiger partial charge in [0.25, 0.3) is 0 Å². The molecule has 1 N–H and O–H groups in total. The number of nitrogens with one attached hydrogen (secondary N) is 1. The number of amides is 1. The summed E-state index contributed by atoms with van der Waals surface area (Å²) in [4.78, 5) is 26.2. The number of nitrogens with zero attached hydrogens (tertiary/aromatic N) is 2. The summed E-state index contributed by atoms with van der Waals surface area (Å²) in [5, 5.41) is 7.57. The lowest BCUT2D eigenvalue weighted by molar-refractivity contribution is -0.132. The summed E-state index contributed by atoms with van der Waals surface area (Å²) < 4.78 is 0. The molecular weight excluding hydrogens is 314 g/mol. The van der Waals surface area contributed by atoms with Gasteiger partial charge in [-0.25, -0.2) is 0 Å². The van der Waals surface area contributed by atoms with Crippen molar-refractivity contribution in [2.75, 3.05) is 6.54 Å². The third-order valence-electron chi connectivity index (χ3n) is 4.11. The highest BCUT2D eigenvalue weighted by Crippen LogP contribution is 2.18. The number of benzene rings is 1. The van der Waals surface area contributed by atoms with Gasteiger partial charge in [0.2, 0.25) is 5.91 Å². The molecule has 0 fully saturated rings. The van der Waals surface area contributed by atoms with Crippen LogP contribution in [0.4, 0.5) is 0 Å². The zero-order valence-electron chi connectivity index (χ0n) is 12.7. The minimum absolute atomic E-state index is 0.0465. The van der Waals surface area contributed by atoms with Gasteiger partial charge in [0.15, 0.2) is 5.78 Å².